The van der Waals surface area contributed by atoms with Crippen LogP contribution in [0.5, 0.6) is 11.5 Å². The molecule has 0 spiro atoms. The number of carbonyl (C=O) groups excluding carboxylic acids is 1. The lowest BCUT2D eigenvalue weighted by Gasteiger charge is -2.11. The summed E-state index contributed by atoms with van der Waals surface area (Å²) in [6.45, 7) is 0. The molecule has 0 heterocycles. The lowest BCUT2D eigenvalue weighted by atomic mass is 10.2. The van der Waals surface area contributed by atoms with Gasteiger partial charge in [-0.3, -0.25) is 10.1 Å². The van der Waals surface area contributed by atoms with Gasteiger partial charge in [0.15, 0.2) is 0 Å². The predicted octanol–water partition coefficient (Wildman–Crippen LogP) is 2.65. The van der Waals surface area contributed by atoms with Crippen molar-refractivity contribution in [2.24, 2.45) is 0 Å². The highest BCUT2D eigenvalue weighted by Crippen LogP contribution is 2.35. The average Bonchev–Trinajstić information content (AvgIpc) is 2.43. The number of benzene rings is 2. The van der Waals surface area contributed by atoms with E-state index < -0.39 is 22.3 Å². The van der Waals surface area contributed by atoms with Crippen molar-refractivity contribution in [3.8, 4) is 11.5 Å². The fourth-order valence-electron chi connectivity index (χ4n) is 1.49. The number of hydrogen-bond donors (Lipinski definition) is 0. The Hall–Kier alpha value is -2.41. The van der Waals surface area contributed by atoms with Crippen LogP contribution in [0, 0.1) is 10.1 Å². The Bertz CT molecular complexity index is 672. The van der Waals surface area contributed by atoms with E-state index in [0.717, 1.165) is 6.07 Å². The van der Waals surface area contributed by atoms with Gasteiger partial charge >= 0.3 is 5.97 Å². The maximum Gasteiger partial charge on any atom is 0.343 e. The van der Waals surface area contributed by atoms with Crippen LogP contribution in [0.25, 0.3) is 0 Å². The van der Waals surface area contributed by atoms with Gasteiger partial charge in [0, 0.05) is 4.47 Å². The number of nitro benzene ring substituents is 1. The molecule has 0 amide bonds. The Morgan fingerprint density at radius 3 is 2.45 bits per heavy atom. The first-order chi connectivity index (χ1) is 9.49. The van der Waals surface area contributed by atoms with Crippen LogP contribution in [0.3, 0.4) is 0 Å². The largest absolute Gasteiger partial charge is 0.867 e. The molecule has 6 nitrogen and oxygen atoms in total. The number of ether oxygens (including phenoxy) is 1. The molecule has 7 heteroatoms. The van der Waals surface area contributed by atoms with Crippen LogP contribution in [0.15, 0.2) is 46.9 Å². The average molecular weight is 337 g/mol. The van der Waals surface area contributed by atoms with E-state index in [9.17, 15) is 20.0 Å². The second-order valence-corrected chi connectivity index (χ2v) is 4.62. The minimum absolute atomic E-state index is 0.0393. The topological polar surface area (TPSA) is 92.5 Å². The second kappa shape index (κ2) is 5.70. The molecule has 2 aromatic rings. The fourth-order valence-corrected chi connectivity index (χ4v) is 1.92. The molecule has 0 fully saturated rings. The van der Waals surface area contributed by atoms with E-state index in [0.29, 0.717) is 5.56 Å². The van der Waals surface area contributed by atoms with E-state index in [1.165, 1.54) is 6.07 Å². The molecular formula is C13H7BrNO5-. The third-order valence-corrected chi connectivity index (χ3v) is 3.00. The Labute approximate surface area is 121 Å². The van der Waals surface area contributed by atoms with Crippen molar-refractivity contribution in [2.45, 2.75) is 0 Å². The van der Waals surface area contributed by atoms with Gasteiger partial charge in [0.1, 0.15) is 5.75 Å². The zero-order valence-electron chi connectivity index (χ0n) is 9.91. The summed E-state index contributed by atoms with van der Waals surface area (Å²) in [4.78, 5) is 21.7. The van der Waals surface area contributed by atoms with E-state index in [1.807, 2.05) is 0 Å². The molecule has 0 aliphatic rings. The van der Waals surface area contributed by atoms with Crippen molar-refractivity contribution >= 4 is 27.6 Å². The monoisotopic (exact) mass is 336 g/mol. The van der Waals surface area contributed by atoms with Crippen molar-refractivity contribution in [2.75, 3.05) is 0 Å². The first-order valence-electron chi connectivity index (χ1n) is 5.41. The molecule has 20 heavy (non-hydrogen) atoms. The van der Waals surface area contributed by atoms with Crippen molar-refractivity contribution in [1.29, 1.82) is 0 Å². The molecular weight excluding hydrogens is 330 g/mol. The number of nitrogens with zero attached hydrogens (tertiary/aromatic N) is 1. The number of esters is 1. The van der Waals surface area contributed by atoms with Crippen molar-refractivity contribution in [1.82, 2.24) is 0 Å². The number of halogens is 1. The standard InChI is InChI=1S/C13H8BrNO5/c14-10-6-9(7-11(12(10)16)15(18)19)20-13(17)8-4-2-1-3-5-8/h1-7,16H/p-1. The Balaban J connectivity index is 2.31. The summed E-state index contributed by atoms with van der Waals surface area (Å²) in [5.74, 6) is -1.50. The molecule has 0 saturated heterocycles. The van der Waals surface area contributed by atoms with Crippen LogP contribution in [-0.2, 0) is 0 Å². The zero-order chi connectivity index (χ0) is 14.7. The SMILES string of the molecule is O=C(Oc1cc(Br)c([O-])c([N+](=O)[O-])c1)c1ccccc1. The molecule has 0 aliphatic heterocycles. The molecule has 0 aliphatic carbocycles. The van der Waals surface area contributed by atoms with E-state index in [2.05, 4.69) is 15.9 Å². The maximum absolute atomic E-state index is 11.8. The smallest absolute Gasteiger partial charge is 0.343 e. The van der Waals surface area contributed by atoms with Crippen LogP contribution >= 0.6 is 15.9 Å². The minimum atomic E-state index is -0.826. The van der Waals surface area contributed by atoms with Gasteiger partial charge in [-0.2, -0.15) is 0 Å². The molecule has 0 atom stereocenters. The highest BCUT2D eigenvalue weighted by molar-refractivity contribution is 9.10. The number of rotatable bonds is 3. The summed E-state index contributed by atoms with van der Waals surface area (Å²) in [5, 5.41) is 22.2. The van der Waals surface area contributed by atoms with Gasteiger partial charge in [-0.05, 0) is 23.9 Å². The van der Waals surface area contributed by atoms with Crippen molar-refractivity contribution in [3.05, 3.63) is 62.6 Å². The van der Waals surface area contributed by atoms with Gasteiger partial charge in [0.2, 0.25) is 0 Å². The molecule has 0 saturated carbocycles. The Kier molecular flexibility index (Phi) is 3.99. The Morgan fingerprint density at radius 1 is 1.20 bits per heavy atom. The number of hydrogen-bond acceptors (Lipinski definition) is 5. The van der Waals surface area contributed by atoms with Gasteiger partial charge in [0.05, 0.1) is 16.6 Å². The minimum Gasteiger partial charge on any atom is -0.867 e. The highest BCUT2D eigenvalue weighted by Gasteiger charge is 2.15. The van der Waals surface area contributed by atoms with E-state index in [4.69, 9.17) is 4.74 Å². The van der Waals surface area contributed by atoms with Crippen LogP contribution < -0.4 is 9.84 Å². The molecule has 0 N–H and O–H groups in total. The van der Waals surface area contributed by atoms with Crippen LogP contribution in [-0.4, -0.2) is 10.9 Å². The van der Waals surface area contributed by atoms with Gasteiger partial charge in [0.25, 0.3) is 5.69 Å². The van der Waals surface area contributed by atoms with Crippen molar-refractivity contribution in [3.63, 3.8) is 0 Å². The van der Waals surface area contributed by atoms with E-state index >= 15 is 0 Å². The normalized spacial score (nSPS) is 10.1. The number of nitro groups is 1. The molecule has 0 radical (unpaired) electrons. The number of carbonyl (C=O) groups is 1. The first-order valence-corrected chi connectivity index (χ1v) is 6.20. The molecule has 0 bridgehead atoms. The third kappa shape index (κ3) is 2.94. The molecule has 2 aromatic carbocycles. The molecule has 0 aromatic heterocycles. The summed E-state index contributed by atoms with van der Waals surface area (Å²) >= 11 is 2.90. The summed E-state index contributed by atoms with van der Waals surface area (Å²) in [7, 11) is 0. The molecule has 102 valence electrons. The summed E-state index contributed by atoms with van der Waals surface area (Å²) in [5.41, 5.74) is -0.354. The lowest BCUT2D eigenvalue weighted by molar-refractivity contribution is -0.398. The predicted molar refractivity (Wildman–Crippen MR) is 71.6 cm³/mol. The van der Waals surface area contributed by atoms with Crippen LogP contribution in [0.2, 0.25) is 0 Å². The highest BCUT2D eigenvalue weighted by atomic mass is 79.9. The lowest BCUT2D eigenvalue weighted by Crippen LogP contribution is -2.09. The third-order valence-electron chi connectivity index (χ3n) is 2.41. The van der Waals surface area contributed by atoms with E-state index in [1.54, 1.807) is 30.3 Å². The maximum atomic E-state index is 11.8. The molecule has 2 rings (SSSR count). The zero-order valence-corrected chi connectivity index (χ0v) is 11.5. The first kappa shape index (κ1) is 14.0. The second-order valence-electron chi connectivity index (χ2n) is 3.77. The summed E-state index contributed by atoms with van der Waals surface area (Å²) < 4.78 is 4.98. The van der Waals surface area contributed by atoms with Crippen molar-refractivity contribution < 1.29 is 19.6 Å². The fraction of sp³-hybridized carbons (Fsp3) is 0. The van der Waals surface area contributed by atoms with Gasteiger partial charge in [-0.1, -0.05) is 34.1 Å². The quantitative estimate of drug-likeness (QED) is 0.372. The van der Waals surface area contributed by atoms with E-state index in [-0.39, 0.29) is 10.2 Å². The summed E-state index contributed by atoms with van der Waals surface area (Å²) in [6.07, 6.45) is 0. The van der Waals surface area contributed by atoms with Gasteiger partial charge in [-0.25, -0.2) is 4.79 Å². The van der Waals surface area contributed by atoms with Crippen LogP contribution in [0.4, 0.5) is 5.69 Å². The van der Waals surface area contributed by atoms with Gasteiger partial charge in [-0.15, -0.1) is 0 Å². The van der Waals surface area contributed by atoms with Gasteiger partial charge < -0.3 is 9.84 Å². The Morgan fingerprint density at radius 2 is 1.85 bits per heavy atom. The molecule has 0 unspecified atom stereocenters. The summed E-state index contributed by atoms with van der Waals surface area (Å²) in [6, 6.07) is 10.3. The van der Waals surface area contributed by atoms with Crippen LogP contribution in [0.1, 0.15) is 10.4 Å².